The molecule has 0 bridgehead atoms. The van der Waals surface area contributed by atoms with Crippen LogP contribution >= 0.6 is 15.9 Å². The van der Waals surface area contributed by atoms with Gasteiger partial charge < -0.3 is 5.73 Å². The van der Waals surface area contributed by atoms with Crippen molar-refractivity contribution in [1.29, 1.82) is 0 Å². The standard InChI is InChI=1S/C8H6BrF3N2O2/c9-4-1-2-5(6(3-4)14(15)16)7(13)8(10,11)12/h1-3,7H,13H2/t7-/m1/s1. The highest BCUT2D eigenvalue weighted by Crippen LogP contribution is 2.36. The zero-order valence-electron chi connectivity index (χ0n) is 7.66. The lowest BCUT2D eigenvalue weighted by Gasteiger charge is -2.15. The number of halogens is 4. The van der Waals surface area contributed by atoms with E-state index in [2.05, 4.69) is 15.9 Å². The molecule has 0 aliphatic rings. The Hall–Kier alpha value is -1.15. The average Bonchev–Trinajstić information content (AvgIpc) is 2.15. The molecule has 0 saturated carbocycles. The van der Waals surface area contributed by atoms with Crippen LogP contribution in [0.1, 0.15) is 11.6 Å². The molecule has 16 heavy (non-hydrogen) atoms. The fraction of sp³-hybridized carbons (Fsp3) is 0.250. The van der Waals surface area contributed by atoms with E-state index < -0.39 is 28.4 Å². The first-order chi connectivity index (χ1) is 7.23. The van der Waals surface area contributed by atoms with E-state index in [4.69, 9.17) is 5.73 Å². The zero-order valence-corrected chi connectivity index (χ0v) is 9.25. The monoisotopic (exact) mass is 298 g/mol. The lowest BCUT2D eigenvalue weighted by Crippen LogP contribution is -2.29. The molecule has 8 heteroatoms. The number of nitro groups is 1. The van der Waals surface area contributed by atoms with E-state index in [1.807, 2.05) is 0 Å². The van der Waals surface area contributed by atoms with Crippen LogP contribution in [-0.4, -0.2) is 11.1 Å². The first-order valence-electron chi connectivity index (χ1n) is 3.99. The fourth-order valence-corrected chi connectivity index (χ4v) is 1.46. The molecule has 0 unspecified atom stereocenters. The summed E-state index contributed by atoms with van der Waals surface area (Å²) in [7, 11) is 0. The largest absolute Gasteiger partial charge is 0.407 e. The SMILES string of the molecule is N[C@H](c1ccc(Br)cc1[N+](=O)[O-])C(F)(F)F. The Morgan fingerprint density at radius 1 is 1.44 bits per heavy atom. The summed E-state index contributed by atoms with van der Waals surface area (Å²) in [4.78, 5) is 9.67. The number of nitrogens with two attached hydrogens (primary N) is 1. The molecule has 0 amide bonds. The Bertz CT molecular complexity index is 422. The van der Waals surface area contributed by atoms with Gasteiger partial charge in [0.05, 0.1) is 10.5 Å². The molecule has 0 aliphatic carbocycles. The van der Waals surface area contributed by atoms with E-state index >= 15 is 0 Å². The minimum absolute atomic E-state index is 0.317. The molecule has 4 nitrogen and oxygen atoms in total. The van der Waals surface area contributed by atoms with Gasteiger partial charge in [0, 0.05) is 10.5 Å². The van der Waals surface area contributed by atoms with Crippen molar-refractivity contribution in [3.8, 4) is 0 Å². The van der Waals surface area contributed by atoms with Gasteiger partial charge in [0.1, 0.15) is 6.04 Å². The maximum atomic E-state index is 12.3. The van der Waals surface area contributed by atoms with Crippen molar-refractivity contribution >= 4 is 21.6 Å². The zero-order chi connectivity index (χ0) is 12.5. The van der Waals surface area contributed by atoms with Crippen LogP contribution in [0.4, 0.5) is 18.9 Å². The van der Waals surface area contributed by atoms with Gasteiger partial charge in [-0.15, -0.1) is 0 Å². The third-order valence-electron chi connectivity index (χ3n) is 1.88. The van der Waals surface area contributed by atoms with Gasteiger partial charge in [-0.1, -0.05) is 15.9 Å². The lowest BCUT2D eigenvalue weighted by atomic mass is 10.1. The van der Waals surface area contributed by atoms with Gasteiger partial charge in [-0.05, 0) is 12.1 Å². The van der Waals surface area contributed by atoms with Gasteiger partial charge in [-0.3, -0.25) is 10.1 Å². The number of nitrogens with zero attached hydrogens (tertiary/aromatic N) is 1. The van der Waals surface area contributed by atoms with E-state index in [1.54, 1.807) is 0 Å². The van der Waals surface area contributed by atoms with Crippen molar-refractivity contribution in [2.24, 2.45) is 5.73 Å². The van der Waals surface area contributed by atoms with Crippen LogP contribution in [0.3, 0.4) is 0 Å². The molecule has 1 aromatic rings. The quantitative estimate of drug-likeness (QED) is 0.674. The van der Waals surface area contributed by atoms with E-state index in [9.17, 15) is 23.3 Å². The van der Waals surface area contributed by atoms with Crippen molar-refractivity contribution in [1.82, 2.24) is 0 Å². The lowest BCUT2D eigenvalue weighted by molar-refractivity contribution is -0.386. The Morgan fingerprint density at radius 2 is 2.00 bits per heavy atom. The second kappa shape index (κ2) is 4.38. The number of alkyl halides is 3. The molecule has 1 atom stereocenters. The van der Waals surface area contributed by atoms with Gasteiger partial charge in [0.2, 0.25) is 0 Å². The molecule has 0 aromatic heterocycles. The molecule has 0 radical (unpaired) electrons. The van der Waals surface area contributed by atoms with Gasteiger partial charge >= 0.3 is 6.18 Å². The minimum atomic E-state index is -4.71. The van der Waals surface area contributed by atoms with E-state index in [0.717, 1.165) is 12.1 Å². The Balaban J connectivity index is 3.28. The summed E-state index contributed by atoms with van der Waals surface area (Å²) in [5, 5.41) is 10.6. The smallest absolute Gasteiger partial charge is 0.316 e. The van der Waals surface area contributed by atoms with Crippen molar-refractivity contribution in [2.45, 2.75) is 12.2 Å². The van der Waals surface area contributed by atoms with Gasteiger partial charge in [-0.25, -0.2) is 0 Å². The Kier molecular flexibility index (Phi) is 3.54. The van der Waals surface area contributed by atoms with Crippen LogP contribution in [0.2, 0.25) is 0 Å². The summed E-state index contributed by atoms with van der Waals surface area (Å²) in [5.41, 5.74) is 3.71. The first kappa shape index (κ1) is 12.9. The first-order valence-corrected chi connectivity index (χ1v) is 4.79. The molecule has 0 saturated heterocycles. The van der Waals surface area contributed by atoms with Crippen molar-refractivity contribution in [2.75, 3.05) is 0 Å². The van der Waals surface area contributed by atoms with Crippen molar-refractivity contribution in [3.63, 3.8) is 0 Å². The van der Waals surface area contributed by atoms with Crippen molar-refractivity contribution < 1.29 is 18.1 Å². The van der Waals surface area contributed by atoms with Crippen molar-refractivity contribution in [3.05, 3.63) is 38.3 Å². The predicted octanol–water partition coefficient (Wildman–Crippen LogP) is 2.92. The van der Waals surface area contributed by atoms with E-state index in [0.29, 0.717) is 4.47 Å². The molecule has 0 heterocycles. The Labute approximate surface area is 96.5 Å². The summed E-state index contributed by atoms with van der Waals surface area (Å²) in [6.45, 7) is 0. The fourth-order valence-electron chi connectivity index (χ4n) is 1.11. The van der Waals surface area contributed by atoms with Crippen LogP contribution in [0.5, 0.6) is 0 Å². The summed E-state index contributed by atoms with van der Waals surface area (Å²) >= 11 is 2.94. The average molecular weight is 299 g/mol. The van der Waals surface area contributed by atoms with Crippen LogP contribution in [0.15, 0.2) is 22.7 Å². The summed E-state index contributed by atoms with van der Waals surface area (Å²) < 4.78 is 37.3. The number of benzene rings is 1. The number of rotatable bonds is 2. The molecular formula is C8H6BrF3N2O2. The third kappa shape index (κ3) is 2.70. The molecule has 2 N–H and O–H groups in total. The molecular weight excluding hydrogens is 293 g/mol. The van der Waals surface area contributed by atoms with Crippen LogP contribution < -0.4 is 5.73 Å². The highest BCUT2D eigenvalue weighted by molar-refractivity contribution is 9.10. The minimum Gasteiger partial charge on any atom is -0.316 e. The van der Waals surface area contributed by atoms with E-state index in [1.165, 1.54) is 6.07 Å². The highest BCUT2D eigenvalue weighted by Gasteiger charge is 2.41. The van der Waals surface area contributed by atoms with Crippen LogP contribution in [0, 0.1) is 10.1 Å². The summed E-state index contributed by atoms with van der Waals surface area (Å²) in [6, 6.07) is 0.885. The van der Waals surface area contributed by atoms with Gasteiger partial charge in [0.15, 0.2) is 0 Å². The maximum absolute atomic E-state index is 12.3. The topological polar surface area (TPSA) is 69.2 Å². The molecule has 88 valence electrons. The number of hydrogen-bond acceptors (Lipinski definition) is 3. The normalized spacial score (nSPS) is 13.6. The molecule has 0 fully saturated rings. The highest BCUT2D eigenvalue weighted by atomic mass is 79.9. The molecule has 1 aromatic carbocycles. The predicted molar refractivity (Wildman–Crippen MR) is 53.8 cm³/mol. The second-order valence-corrected chi connectivity index (χ2v) is 3.90. The number of nitro benzene ring substituents is 1. The van der Waals surface area contributed by atoms with Crippen LogP contribution in [-0.2, 0) is 0 Å². The maximum Gasteiger partial charge on any atom is 0.407 e. The molecule has 1 rings (SSSR count). The number of hydrogen-bond donors (Lipinski definition) is 1. The van der Waals surface area contributed by atoms with E-state index in [-0.39, 0.29) is 0 Å². The molecule has 0 spiro atoms. The molecule has 0 aliphatic heterocycles. The second-order valence-electron chi connectivity index (χ2n) is 2.98. The van der Waals surface area contributed by atoms with Gasteiger partial charge in [0.25, 0.3) is 5.69 Å². The third-order valence-corrected chi connectivity index (χ3v) is 2.37. The summed E-state index contributed by atoms with van der Waals surface area (Å²) in [5.74, 6) is 0. The van der Waals surface area contributed by atoms with Gasteiger partial charge in [-0.2, -0.15) is 13.2 Å². The van der Waals surface area contributed by atoms with Crippen LogP contribution in [0.25, 0.3) is 0 Å². The summed E-state index contributed by atoms with van der Waals surface area (Å²) in [6.07, 6.45) is -4.71. The Morgan fingerprint density at radius 3 is 2.44 bits per heavy atom.